The number of anilines is 8. The molecule has 6 heteroatoms. The molecule has 0 fully saturated rings. The average molecular weight is 741 g/mol. The van der Waals surface area contributed by atoms with Crippen LogP contribution in [0.2, 0.25) is 0 Å². The Balaban J connectivity index is 1.38. The van der Waals surface area contributed by atoms with Crippen molar-refractivity contribution in [1.29, 1.82) is 0 Å². The number of ketones is 2. The largest absolute Gasteiger partial charge is 0.355 e. The minimum atomic E-state index is -0.241. The quantitative estimate of drug-likeness (QED) is 0.0998. The predicted molar refractivity (Wildman–Crippen MR) is 235 cm³/mol. The average Bonchev–Trinajstić information content (AvgIpc) is 3.18. The van der Waals surface area contributed by atoms with Crippen LogP contribution >= 0.6 is 0 Å². The van der Waals surface area contributed by atoms with Gasteiger partial charge >= 0.3 is 0 Å². The van der Waals surface area contributed by atoms with Crippen molar-refractivity contribution in [1.82, 2.24) is 0 Å². The van der Waals surface area contributed by atoms with E-state index in [-0.39, 0.29) is 11.6 Å². The number of fused-ring (bicyclic) bond motifs is 2. The number of carbonyl (C=O) groups is 2. The van der Waals surface area contributed by atoms with Crippen molar-refractivity contribution in [2.75, 3.05) is 21.3 Å². The first kappa shape index (κ1) is 38.1. The molecule has 1 aliphatic carbocycles. The smallest absolute Gasteiger partial charge is 0.198 e. The van der Waals surface area contributed by atoms with Crippen molar-refractivity contribution >= 4 is 57.1 Å². The van der Waals surface area contributed by atoms with E-state index in [1.54, 1.807) is 0 Å². The van der Waals surface area contributed by atoms with E-state index in [2.05, 4.69) is 125 Å². The standard InChI is InChI=1S/C50H52N4O2/c1-29(2)33-9-17-37(18-10-33)51-41-25-26-42(52-38-19-11-34(12-20-38)30(3)4)46-45(41)49(55)47-43(53-39-21-13-35(14-22-39)31(5)6)27-28-44(48(47)50(46)56)54-40-23-15-36(16-24-40)32(7)8/h9-32,51-54H,1-8H3. The topological polar surface area (TPSA) is 82.3 Å². The number of carbonyl (C=O) groups excluding carboxylic acids is 2. The fraction of sp³-hybridized carbons (Fsp3) is 0.240. The van der Waals surface area contributed by atoms with Crippen molar-refractivity contribution in [2.24, 2.45) is 0 Å². The summed E-state index contributed by atoms with van der Waals surface area (Å²) < 4.78 is 0. The third kappa shape index (κ3) is 7.83. The van der Waals surface area contributed by atoms with Crippen LogP contribution in [-0.4, -0.2) is 11.6 Å². The highest BCUT2D eigenvalue weighted by Gasteiger charge is 2.38. The lowest BCUT2D eigenvalue weighted by Crippen LogP contribution is -2.25. The monoisotopic (exact) mass is 740 g/mol. The maximum atomic E-state index is 15.3. The minimum absolute atomic E-state index is 0.241. The molecule has 6 aromatic rings. The van der Waals surface area contributed by atoms with Gasteiger partial charge in [-0.3, -0.25) is 9.59 Å². The number of hydrogen-bond donors (Lipinski definition) is 4. The van der Waals surface area contributed by atoms with Crippen LogP contribution in [0.5, 0.6) is 0 Å². The van der Waals surface area contributed by atoms with Crippen LogP contribution in [0.25, 0.3) is 0 Å². The Morgan fingerprint density at radius 1 is 0.286 bits per heavy atom. The van der Waals surface area contributed by atoms with Gasteiger partial charge in [-0.05, 0) is 119 Å². The Bertz CT molecular complexity index is 2040. The molecule has 6 nitrogen and oxygen atoms in total. The molecule has 0 aromatic heterocycles. The predicted octanol–water partition coefficient (Wildman–Crippen LogP) is 13.9. The summed E-state index contributed by atoms with van der Waals surface area (Å²) in [4.78, 5) is 30.6. The molecule has 0 unspecified atom stereocenters. The Kier molecular flexibility index (Phi) is 10.8. The van der Waals surface area contributed by atoms with Gasteiger partial charge in [0, 0.05) is 22.7 Å². The van der Waals surface area contributed by atoms with Crippen molar-refractivity contribution in [2.45, 2.75) is 79.1 Å². The fourth-order valence-electron chi connectivity index (χ4n) is 7.24. The van der Waals surface area contributed by atoms with E-state index in [0.29, 0.717) is 68.7 Å². The second-order valence-corrected chi connectivity index (χ2v) is 16.1. The van der Waals surface area contributed by atoms with Crippen LogP contribution in [0.4, 0.5) is 45.5 Å². The van der Waals surface area contributed by atoms with E-state index in [0.717, 1.165) is 22.7 Å². The molecule has 1 aliphatic rings. The first-order valence-corrected chi connectivity index (χ1v) is 19.8. The molecule has 0 amide bonds. The molecule has 0 aliphatic heterocycles. The molecule has 0 spiro atoms. The molecule has 4 N–H and O–H groups in total. The van der Waals surface area contributed by atoms with Gasteiger partial charge in [-0.2, -0.15) is 0 Å². The van der Waals surface area contributed by atoms with Gasteiger partial charge in [-0.15, -0.1) is 0 Å². The molecule has 56 heavy (non-hydrogen) atoms. The summed E-state index contributed by atoms with van der Waals surface area (Å²) in [6.07, 6.45) is 0. The maximum absolute atomic E-state index is 15.3. The first-order chi connectivity index (χ1) is 26.9. The summed E-state index contributed by atoms with van der Waals surface area (Å²) in [5.41, 5.74) is 11.8. The lowest BCUT2D eigenvalue weighted by molar-refractivity contribution is 0.0981. The van der Waals surface area contributed by atoms with Crippen LogP contribution in [-0.2, 0) is 0 Å². The van der Waals surface area contributed by atoms with Crippen LogP contribution in [0.3, 0.4) is 0 Å². The third-order valence-electron chi connectivity index (χ3n) is 10.7. The first-order valence-electron chi connectivity index (χ1n) is 19.8. The molecule has 0 bridgehead atoms. The van der Waals surface area contributed by atoms with Gasteiger partial charge in [-0.25, -0.2) is 0 Å². The number of nitrogens with one attached hydrogen (secondary N) is 4. The van der Waals surface area contributed by atoms with Crippen molar-refractivity contribution in [3.63, 3.8) is 0 Å². The van der Waals surface area contributed by atoms with Crippen LogP contribution in [0, 0.1) is 0 Å². The SMILES string of the molecule is CC(C)c1ccc(Nc2ccc(Nc3ccc(C(C)C)cc3)c3c2C(=O)c2c(Nc4ccc(C(C)C)cc4)ccc(Nc4ccc(C(C)C)cc4)c2C3=O)cc1. The van der Waals surface area contributed by atoms with E-state index in [9.17, 15) is 0 Å². The highest BCUT2D eigenvalue weighted by molar-refractivity contribution is 6.35. The summed E-state index contributed by atoms with van der Waals surface area (Å²) in [5, 5.41) is 14.0. The van der Waals surface area contributed by atoms with E-state index in [1.165, 1.54) is 22.3 Å². The molecule has 284 valence electrons. The lowest BCUT2D eigenvalue weighted by atomic mass is 9.80. The van der Waals surface area contributed by atoms with Gasteiger partial charge in [0.05, 0.1) is 45.0 Å². The minimum Gasteiger partial charge on any atom is -0.355 e. The Hall–Kier alpha value is -6.14. The molecule has 0 saturated heterocycles. The van der Waals surface area contributed by atoms with E-state index < -0.39 is 0 Å². The van der Waals surface area contributed by atoms with Crippen molar-refractivity contribution < 1.29 is 9.59 Å². The van der Waals surface area contributed by atoms with Crippen LogP contribution in [0.15, 0.2) is 121 Å². The Morgan fingerprint density at radius 2 is 0.464 bits per heavy atom. The van der Waals surface area contributed by atoms with Crippen molar-refractivity contribution in [3.05, 3.63) is 166 Å². The highest BCUT2D eigenvalue weighted by atomic mass is 16.1. The van der Waals surface area contributed by atoms with Crippen LogP contribution in [0.1, 0.15) is 133 Å². The second kappa shape index (κ2) is 15.9. The fourth-order valence-corrected chi connectivity index (χ4v) is 7.24. The number of hydrogen-bond acceptors (Lipinski definition) is 6. The molecule has 6 aromatic carbocycles. The van der Waals surface area contributed by atoms with Crippen molar-refractivity contribution in [3.8, 4) is 0 Å². The van der Waals surface area contributed by atoms with Gasteiger partial charge in [-0.1, -0.05) is 104 Å². The second-order valence-electron chi connectivity index (χ2n) is 16.1. The summed E-state index contributed by atoms with van der Waals surface area (Å²) >= 11 is 0. The third-order valence-corrected chi connectivity index (χ3v) is 10.7. The van der Waals surface area contributed by atoms with Gasteiger partial charge < -0.3 is 21.3 Å². The molecule has 7 rings (SSSR count). The highest BCUT2D eigenvalue weighted by Crippen LogP contribution is 2.44. The van der Waals surface area contributed by atoms with Crippen LogP contribution < -0.4 is 21.3 Å². The summed E-state index contributed by atoms with van der Waals surface area (Å²) in [6.45, 7) is 17.3. The molecular formula is C50H52N4O2. The van der Waals surface area contributed by atoms with Gasteiger partial charge in [0.2, 0.25) is 0 Å². The van der Waals surface area contributed by atoms with E-state index in [4.69, 9.17) is 0 Å². The zero-order chi connectivity index (χ0) is 39.7. The summed E-state index contributed by atoms with van der Waals surface area (Å²) in [6, 6.07) is 40.5. The Morgan fingerprint density at radius 3 is 0.625 bits per heavy atom. The Labute approximate surface area is 331 Å². The molecule has 0 heterocycles. The van der Waals surface area contributed by atoms with E-state index >= 15 is 9.59 Å². The summed E-state index contributed by atoms with van der Waals surface area (Å²) in [5.74, 6) is 1.06. The van der Waals surface area contributed by atoms with Gasteiger partial charge in [0.1, 0.15) is 0 Å². The zero-order valence-corrected chi connectivity index (χ0v) is 33.7. The molecule has 0 atom stereocenters. The number of benzene rings is 6. The molecule has 0 radical (unpaired) electrons. The normalized spacial score (nSPS) is 12.3. The lowest BCUT2D eigenvalue weighted by Gasteiger charge is -2.28. The zero-order valence-electron chi connectivity index (χ0n) is 33.7. The van der Waals surface area contributed by atoms with Gasteiger partial charge in [0.15, 0.2) is 11.6 Å². The van der Waals surface area contributed by atoms with E-state index in [1.807, 2.05) is 72.8 Å². The van der Waals surface area contributed by atoms with Gasteiger partial charge in [0.25, 0.3) is 0 Å². The number of rotatable bonds is 12. The molecule has 0 saturated carbocycles. The molecular weight excluding hydrogens is 689 g/mol. The summed E-state index contributed by atoms with van der Waals surface area (Å²) in [7, 11) is 0. The maximum Gasteiger partial charge on any atom is 0.198 e.